The summed E-state index contributed by atoms with van der Waals surface area (Å²) in [6, 6.07) is -0.153. The predicted molar refractivity (Wildman–Crippen MR) is 62.1 cm³/mol. The van der Waals surface area contributed by atoms with Gasteiger partial charge in [0.1, 0.15) is 6.04 Å². The van der Waals surface area contributed by atoms with Gasteiger partial charge in [0.25, 0.3) is 0 Å². The molecule has 2 N–H and O–H groups in total. The van der Waals surface area contributed by atoms with E-state index in [1.54, 1.807) is 0 Å². The zero-order chi connectivity index (χ0) is 11.4. The molecule has 2 atom stereocenters. The molecule has 0 bridgehead atoms. The molecule has 3 nitrogen and oxygen atoms in total. The maximum absolute atomic E-state index is 11.3. The molecule has 1 amide bonds. The van der Waals surface area contributed by atoms with E-state index in [4.69, 9.17) is 5.73 Å². The third-order valence-electron chi connectivity index (χ3n) is 3.17. The minimum absolute atomic E-state index is 0.153. The van der Waals surface area contributed by atoms with Gasteiger partial charge in [-0.15, -0.1) is 0 Å². The van der Waals surface area contributed by atoms with Crippen LogP contribution in [0.5, 0.6) is 0 Å². The molecule has 1 aliphatic rings. The third kappa shape index (κ3) is 2.74. The molecule has 86 valence electrons. The van der Waals surface area contributed by atoms with E-state index in [1.807, 2.05) is 6.92 Å². The fraction of sp³-hybridized carbons (Fsp3) is 0.750. The Morgan fingerprint density at radius 2 is 2.33 bits per heavy atom. The Bertz CT molecular complexity index is 250. The van der Waals surface area contributed by atoms with Crippen molar-refractivity contribution in [2.75, 3.05) is 6.54 Å². The molecule has 15 heavy (non-hydrogen) atoms. The number of nitrogens with two attached hydrogens (primary N) is 1. The van der Waals surface area contributed by atoms with Gasteiger partial charge in [-0.1, -0.05) is 26.8 Å². The van der Waals surface area contributed by atoms with Crippen LogP contribution < -0.4 is 5.73 Å². The van der Waals surface area contributed by atoms with Crippen LogP contribution in [0.15, 0.2) is 12.3 Å². The highest BCUT2D eigenvalue weighted by Crippen LogP contribution is 2.30. The minimum Gasteiger partial charge on any atom is -0.368 e. The lowest BCUT2D eigenvalue weighted by atomic mass is 10.0. The van der Waals surface area contributed by atoms with Crippen molar-refractivity contribution in [1.82, 2.24) is 4.90 Å². The fourth-order valence-electron chi connectivity index (χ4n) is 2.45. The molecule has 0 spiro atoms. The van der Waals surface area contributed by atoms with E-state index in [-0.39, 0.29) is 11.9 Å². The van der Waals surface area contributed by atoms with Crippen LogP contribution in [0.2, 0.25) is 0 Å². The van der Waals surface area contributed by atoms with Crippen LogP contribution in [0.1, 0.15) is 39.5 Å². The van der Waals surface area contributed by atoms with E-state index in [2.05, 4.69) is 18.4 Å². The molecule has 2 unspecified atom stereocenters. The molecular formula is C12H22N2O. The quantitative estimate of drug-likeness (QED) is 0.753. The molecule has 1 rings (SSSR count). The SMILES string of the molecule is C=C1CC(CCC)CN1C(CC)C(N)=O. The number of amides is 1. The number of rotatable bonds is 5. The minimum atomic E-state index is -0.226. The Hall–Kier alpha value is -0.990. The molecule has 3 heteroatoms. The number of carbonyl (C=O) groups is 1. The molecule has 1 fully saturated rings. The predicted octanol–water partition coefficient (Wildman–Crippen LogP) is 1.89. The zero-order valence-electron chi connectivity index (χ0n) is 9.83. The van der Waals surface area contributed by atoms with Crippen molar-refractivity contribution in [3.63, 3.8) is 0 Å². The van der Waals surface area contributed by atoms with Crippen molar-refractivity contribution in [2.45, 2.75) is 45.6 Å². The van der Waals surface area contributed by atoms with E-state index in [0.717, 1.165) is 25.1 Å². The molecule has 0 aromatic heterocycles. The fourth-order valence-corrected chi connectivity index (χ4v) is 2.45. The Balaban J connectivity index is 2.63. The van der Waals surface area contributed by atoms with Crippen molar-refractivity contribution >= 4 is 5.91 Å². The lowest BCUT2D eigenvalue weighted by molar-refractivity contribution is -0.122. The van der Waals surface area contributed by atoms with Gasteiger partial charge >= 0.3 is 0 Å². The molecule has 1 heterocycles. The average Bonchev–Trinajstić information content (AvgIpc) is 2.49. The summed E-state index contributed by atoms with van der Waals surface area (Å²) in [6.07, 6.45) is 4.20. The smallest absolute Gasteiger partial charge is 0.240 e. The summed E-state index contributed by atoms with van der Waals surface area (Å²) in [6.45, 7) is 9.18. The van der Waals surface area contributed by atoms with Gasteiger partial charge in [0.2, 0.25) is 5.91 Å². The van der Waals surface area contributed by atoms with E-state index >= 15 is 0 Å². The third-order valence-corrected chi connectivity index (χ3v) is 3.17. The Morgan fingerprint density at radius 1 is 1.67 bits per heavy atom. The molecule has 0 aromatic rings. The van der Waals surface area contributed by atoms with Crippen LogP contribution in [0.3, 0.4) is 0 Å². The normalized spacial score (nSPS) is 23.2. The first-order valence-electron chi connectivity index (χ1n) is 5.83. The first-order chi connectivity index (χ1) is 7.10. The summed E-state index contributed by atoms with van der Waals surface area (Å²) in [5.41, 5.74) is 6.47. The number of hydrogen-bond donors (Lipinski definition) is 1. The standard InChI is InChI=1S/C12H22N2O/c1-4-6-10-7-9(3)14(8-10)11(5-2)12(13)15/h10-11H,3-8H2,1-2H3,(H2,13,15). The largest absolute Gasteiger partial charge is 0.368 e. The topological polar surface area (TPSA) is 46.3 Å². The molecule has 1 saturated heterocycles. The van der Waals surface area contributed by atoms with Crippen LogP contribution in [-0.2, 0) is 4.79 Å². The van der Waals surface area contributed by atoms with Crippen molar-refractivity contribution < 1.29 is 4.79 Å². The monoisotopic (exact) mass is 210 g/mol. The van der Waals surface area contributed by atoms with Gasteiger partial charge in [0, 0.05) is 12.2 Å². The summed E-state index contributed by atoms with van der Waals surface area (Å²) in [5, 5.41) is 0. The van der Waals surface area contributed by atoms with Crippen LogP contribution >= 0.6 is 0 Å². The highest BCUT2D eigenvalue weighted by Gasteiger charge is 2.31. The second-order valence-electron chi connectivity index (χ2n) is 4.40. The molecule has 0 aliphatic carbocycles. The van der Waals surface area contributed by atoms with Crippen molar-refractivity contribution in [1.29, 1.82) is 0 Å². The molecular weight excluding hydrogens is 188 g/mol. The van der Waals surface area contributed by atoms with Gasteiger partial charge in [-0.25, -0.2) is 0 Å². The summed E-state index contributed by atoms with van der Waals surface area (Å²) in [4.78, 5) is 13.4. The van der Waals surface area contributed by atoms with Crippen LogP contribution in [0.25, 0.3) is 0 Å². The number of carbonyl (C=O) groups excluding carboxylic acids is 1. The first kappa shape index (κ1) is 12.1. The molecule has 0 radical (unpaired) electrons. The zero-order valence-corrected chi connectivity index (χ0v) is 9.83. The summed E-state index contributed by atoms with van der Waals surface area (Å²) in [5.74, 6) is 0.437. The van der Waals surface area contributed by atoms with Crippen LogP contribution in [0, 0.1) is 5.92 Å². The van der Waals surface area contributed by atoms with Gasteiger partial charge in [-0.2, -0.15) is 0 Å². The second-order valence-corrected chi connectivity index (χ2v) is 4.40. The maximum Gasteiger partial charge on any atom is 0.240 e. The van der Waals surface area contributed by atoms with Gasteiger partial charge < -0.3 is 10.6 Å². The van der Waals surface area contributed by atoms with Gasteiger partial charge in [-0.3, -0.25) is 4.79 Å². The highest BCUT2D eigenvalue weighted by atomic mass is 16.1. The highest BCUT2D eigenvalue weighted by molar-refractivity contribution is 5.80. The number of nitrogens with zero attached hydrogens (tertiary/aromatic N) is 1. The lowest BCUT2D eigenvalue weighted by Gasteiger charge is -2.27. The van der Waals surface area contributed by atoms with E-state index in [0.29, 0.717) is 5.92 Å². The summed E-state index contributed by atoms with van der Waals surface area (Å²) >= 11 is 0. The molecule has 1 aliphatic heterocycles. The van der Waals surface area contributed by atoms with E-state index in [9.17, 15) is 4.79 Å². The lowest BCUT2D eigenvalue weighted by Crippen LogP contribution is -2.42. The van der Waals surface area contributed by atoms with E-state index in [1.165, 1.54) is 12.8 Å². The van der Waals surface area contributed by atoms with Crippen molar-refractivity contribution in [2.24, 2.45) is 11.7 Å². The Kier molecular flexibility index (Phi) is 4.18. The average molecular weight is 210 g/mol. The van der Waals surface area contributed by atoms with Crippen LogP contribution in [-0.4, -0.2) is 23.4 Å². The molecule has 0 saturated carbocycles. The second kappa shape index (κ2) is 5.19. The number of hydrogen-bond acceptors (Lipinski definition) is 2. The van der Waals surface area contributed by atoms with Gasteiger partial charge in [0.15, 0.2) is 0 Å². The van der Waals surface area contributed by atoms with Crippen molar-refractivity contribution in [3.8, 4) is 0 Å². The Labute approximate surface area is 92.3 Å². The number of likely N-dealkylation sites (tertiary alicyclic amines) is 1. The maximum atomic E-state index is 11.3. The number of primary amides is 1. The molecule has 0 aromatic carbocycles. The van der Waals surface area contributed by atoms with Gasteiger partial charge in [-0.05, 0) is 25.2 Å². The number of allylic oxidation sites excluding steroid dienone is 1. The Morgan fingerprint density at radius 3 is 2.80 bits per heavy atom. The summed E-state index contributed by atoms with van der Waals surface area (Å²) < 4.78 is 0. The van der Waals surface area contributed by atoms with Crippen LogP contribution in [0.4, 0.5) is 0 Å². The van der Waals surface area contributed by atoms with Crippen molar-refractivity contribution in [3.05, 3.63) is 12.3 Å². The van der Waals surface area contributed by atoms with E-state index < -0.39 is 0 Å². The summed E-state index contributed by atoms with van der Waals surface area (Å²) in [7, 11) is 0. The first-order valence-corrected chi connectivity index (χ1v) is 5.83. The van der Waals surface area contributed by atoms with Gasteiger partial charge in [0.05, 0.1) is 0 Å².